The molecule has 0 fully saturated rings. The SMILES string of the molecule is Nc1c2c(cc(=O)n1-c1c(Br)cc(Cl)cc1C(F)(F)F)C(=O)NC2=O. The summed E-state index contributed by atoms with van der Waals surface area (Å²) in [5.41, 5.74) is 2.25. The number of anilines is 1. The van der Waals surface area contributed by atoms with E-state index in [2.05, 4.69) is 15.9 Å². The van der Waals surface area contributed by atoms with Crippen molar-refractivity contribution in [3.05, 3.63) is 54.7 Å². The summed E-state index contributed by atoms with van der Waals surface area (Å²) in [6.45, 7) is 0. The molecule has 2 heterocycles. The number of alkyl halides is 3. The molecule has 0 atom stereocenters. The molecule has 2 aromatic rings. The summed E-state index contributed by atoms with van der Waals surface area (Å²) in [7, 11) is 0. The second-order valence-electron chi connectivity index (χ2n) is 5.06. The van der Waals surface area contributed by atoms with Gasteiger partial charge >= 0.3 is 6.18 Å². The molecule has 1 aliphatic heterocycles. The van der Waals surface area contributed by atoms with E-state index in [1.807, 2.05) is 5.32 Å². The minimum Gasteiger partial charge on any atom is -0.384 e. The number of halogens is 5. The van der Waals surface area contributed by atoms with Crippen LogP contribution in [-0.4, -0.2) is 16.4 Å². The number of nitrogens with two attached hydrogens (primary N) is 1. The molecule has 1 aromatic carbocycles. The number of amides is 2. The lowest BCUT2D eigenvalue weighted by molar-refractivity contribution is -0.137. The molecule has 3 N–H and O–H groups in total. The largest absolute Gasteiger partial charge is 0.418 e. The van der Waals surface area contributed by atoms with Gasteiger partial charge in [-0.1, -0.05) is 11.6 Å². The quantitative estimate of drug-likeness (QED) is 0.672. The number of fused-ring (bicyclic) bond motifs is 1. The summed E-state index contributed by atoms with van der Waals surface area (Å²) < 4.78 is 40.6. The van der Waals surface area contributed by atoms with Gasteiger partial charge in [0.15, 0.2) is 0 Å². The summed E-state index contributed by atoms with van der Waals surface area (Å²) in [4.78, 5) is 35.8. The van der Waals surface area contributed by atoms with E-state index in [-0.39, 0.29) is 20.6 Å². The molecule has 0 aliphatic carbocycles. The number of hydrogen-bond acceptors (Lipinski definition) is 4. The van der Waals surface area contributed by atoms with Crippen molar-refractivity contribution in [2.45, 2.75) is 6.18 Å². The third kappa shape index (κ3) is 2.71. The van der Waals surface area contributed by atoms with E-state index in [1.54, 1.807) is 0 Å². The van der Waals surface area contributed by atoms with Crippen molar-refractivity contribution >= 4 is 45.2 Å². The molecular weight excluding hydrogens is 431 g/mol. The number of nitrogen functional groups attached to an aromatic ring is 1. The van der Waals surface area contributed by atoms with E-state index >= 15 is 0 Å². The van der Waals surface area contributed by atoms with E-state index in [9.17, 15) is 27.6 Å². The fourth-order valence-electron chi connectivity index (χ4n) is 2.52. The number of carbonyl (C=O) groups is 2. The van der Waals surface area contributed by atoms with Gasteiger partial charge in [-0.15, -0.1) is 0 Å². The molecule has 130 valence electrons. The molecule has 2 amide bonds. The topological polar surface area (TPSA) is 94.2 Å². The maximum absolute atomic E-state index is 13.4. The molecule has 1 aromatic heterocycles. The highest BCUT2D eigenvalue weighted by atomic mass is 79.9. The van der Waals surface area contributed by atoms with Crippen molar-refractivity contribution in [3.63, 3.8) is 0 Å². The molecule has 25 heavy (non-hydrogen) atoms. The lowest BCUT2D eigenvalue weighted by Gasteiger charge is -2.19. The fourth-order valence-corrected chi connectivity index (χ4v) is 3.51. The number of benzene rings is 1. The summed E-state index contributed by atoms with van der Waals surface area (Å²) in [5.74, 6) is -2.33. The monoisotopic (exact) mass is 435 g/mol. The zero-order valence-corrected chi connectivity index (χ0v) is 14.2. The lowest BCUT2D eigenvalue weighted by Crippen LogP contribution is -2.26. The Kier molecular flexibility index (Phi) is 3.92. The van der Waals surface area contributed by atoms with Crippen molar-refractivity contribution in [1.82, 2.24) is 9.88 Å². The first kappa shape index (κ1) is 17.5. The van der Waals surface area contributed by atoms with Gasteiger partial charge in [-0.05, 0) is 28.1 Å². The summed E-state index contributed by atoms with van der Waals surface area (Å²) in [5, 5.41) is 1.71. The second kappa shape index (κ2) is 5.60. The first-order valence-electron chi connectivity index (χ1n) is 6.50. The average molecular weight is 437 g/mol. The fraction of sp³-hybridized carbons (Fsp3) is 0.0714. The highest BCUT2D eigenvalue weighted by molar-refractivity contribution is 9.10. The van der Waals surface area contributed by atoms with Crippen LogP contribution in [0.3, 0.4) is 0 Å². The lowest BCUT2D eigenvalue weighted by atomic mass is 10.1. The van der Waals surface area contributed by atoms with Gasteiger partial charge < -0.3 is 5.73 Å². The van der Waals surface area contributed by atoms with Gasteiger partial charge in [0.2, 0.25) is 0 Å². The van der Waals surface area contributed by atoms with Gasteiger partial charge in [-0.25, -0.2) is 0 Å². The van der Waals surface area contributed by atoms with Crippen LogP contribution in [0.4, 0.5) is 19.0 Å². The Bertz CT molecular complexity index is 1020. The first-order chi connectivity index (χ1) is 11.5. The summed E-state index contributed by atoms with van der Waals surface area (Å²) in [6.07, 6.45) is -4.86. The van der Waals surface area contributed by atoms with E-state index in [0.717, 1.165) is 12.1 Å². The number of rotatable bonds is 1. The molecule has 0 bridgehead atoms. The van der Waals surface area contributed by atoms with Crippen LogP contribution in [0.1, 0.15) is 26.3 Å². The second-order valence-corrected chi connectivity index (χ2v) is 6.35. The number of imide groups is 1. The van der Waals surface area contributed by atoms with Gasteiger partial charge in [0.05, 0.1) is 22.4 Å². The zero-order chi connectivity index (χ0) is 18.7. The maximum Gasteiger partial charge on any atom is 0.418 e. The van der Waals surface area contributed by atoms with Crippen molar-refractivity contribution in [1.29, 1.82) is 0 Å². The molecular formula is C14H6BrClF3N3O3. The minimum absolute atomic E-state index is 0.161. The van der Waals surface area contributed by atoms with Gasteiger partial charge in [0.1, 0.15) is 5.82 Å². The van der Waals surface area contributed by atoms with Gasteiger partial charge in [-0.3, -0.25) is 24.3 Å². The Balaban J connectivity index is 2.45. The van der Waals surface area contributed by atoms with E-state index < -0.39 is 40.6 Å². The number of nitrogens with one attached hydrogen (secondary N) is 1. The number of carbonyl (C=O) groups excluding carboxylic acids is 2. The smallest absolute Gasteiger partial charge is 0.384 e. The Morgan fingerprint density at radius 1 is 1.12 bits per heavy atom. The van der Waals surface area contributed by atoms with Crippen LogP contribution >= 0.6 is 27.5 Å². The molecule has 11 heteroatoms. The van der Waals surface area contributed by atoms with Crippen LogP contribution in [0, 0.1) is 0 Å². The average Bonchev–Trinajstić information content (AvgIpc) is 2.74. The van der Waals surface area contributed by atoms with Gasteiger partial charge in [0.25, 0.3) is 17.4 Å². The summed E-state index contributed by atoms with van der Waals surface area (Å²) >= 11 is 8.61. The van der Waals surface area contributed by atoms with E-state index in [4.69, 9.17) is 17.3 Å². The number of pyridine rings is 1. The van der Waals surface area contributed by atoms with Crippen LogP contribution in [-0.2, 0) is 6.18 Å². The molecule has 6 nitrogen and oxygen atoms in total. The van der Waals surface area contributed by atoms with Crippen molar-refractivity contribution in [3.8, 4) is 5.69 Å². The molecule has 0 unspecified atom stereocenters. The minimum atomic E-state index is -4.86. The molecule has 0 saturated carbocycles. The molecule has 3 rings (SSSR count). The Hall–Kier alpha value is -2.33. The number of nitrogens with zero attached hydrogens (tertiary/aromatic N) is 1. The Morgan fingerprint density at radius 2 is 1.76 bits per heavy atom. The zero-order valence-electron chi connectivity index (χ0n) is 11.9. The predicted octanol–water partition coefficient (Wildman–Crippen LogP) is 2.74. The first-order valence-corrected chi connectivity index (χ1v) is 7.67. The van der Waals surface area contributed by atoms with Gasteiger partial charge in [-0.2, -0.15) is 13.2 Å². The van der Waals surface area contributed by atoms with Crippen molar-refractivity contribution in [2.75, 3.05) is 5.73 Å². The molecule has 0 spiro atoms. The van der Waals surface area contributed by atoms with Crippen LogP contribution in [0.5, 0.6) is 0 Å². The predicted molar refractivity (Wildman–Crippen MR) is 86.0 cm³/mol. The number of aromatic nitrogens is 1. The van der Waals surface area contributed by atoms with Crippen LogP contribution in [0.15, 0.2) is 27.5 Å². The molecule has 1 aliphatic rings. The van der Waals surface area contributed by atoms with Gasteiger partial charge in [0, 0.05) is 15.6 Å². The highest BCUT2D eigenvalue weighted by Crippen LogP contribution is 2.40. The Morgan fingerprint density at radius 3 is 2.36 bits per heavy atom. The van der Waals surface area contributed by atoms with Crippen molar-refractivity contribution in [2.24, 2.45) is 0 Å². The summed E-state index contributed by atoms with van der Waals surface area (Å²) in [6, 6.07) is 2.54. The van der Waals surface area contributed by atoms with E-state index in [0.29, 0.717) is 10.6 Å². The van der Waals surface area contributed by atoms with E-state index in [1.165, 1.54) is 0 Å². The standard InChI is InChI=1S/C14H6BrClF3N3O3/c15-7-2-4(16)1-6(14(17,18)19)10(7)22-8(23)3-5-9(11(22)20)13(25)21-12(5)24/h1-3H,20H2,(H,21,24,25). The molecule has 0 radical (unpaired) electrons. The van der Waals surface area contributed by atoms with Crippen LogP contribution in [0.2, 0.25) is 5.02 Å². The molecule has 0 saturated heterocycles. The normalized spacial score (nSPS) is 13.8. The van der Waals surface area contributed by atoms with Crippen LogP contribution < -0.4 is 16.6 Å². The third-order valence-corrected chi connectivity index (χ3v) is 4.33. The van der Waals surface area contributed by atoms with Crippen LogP contribution in [0.25, 0.3) is 5.69 Å². The maximum atomic E-state index is 13.4. The Labute approximate surface area is 150 Å². The highest BCUT2D eigenvalue weighted by Gasteiger charge is 2.38. The number of hydrogen-bond donors (Lipinski definition) is 2. The third-order valence-electron chi connectivity index (χ3n) is 3.51. The van der Waals surface area contributed by atoms with Crippen molar-refractivity contribution < 1.29 is 22.8 Å².